The summed E-state index contributed by atoms with van der Waals surface area (Å²) in [5, 5.41) is 2.46. The third-order valence-corrected chi connectivity index (χ3v) is 11.1. The predicted molar refractivity (Wildman–Crippen MR) is 198 cm³/mol. The summed E-state index contributed by atoms with van der Waals surface area (Å²) >= 11 is 6.64. The number of aromatic nitrogens is 5. The lowest BCUT2D eigenvalue weighted by molar-refractivity contribution is -0.127. The number of likely N-dealkylation sites (tertiary alicyclic amines) is 1. The molecule has 3 atom stereocenters. The van der Waals surface area contributed by atoms with Gasteiger partial charge < -0.3 is 14.5 Å². The number of hydrogen-bond donors (Lipinski definition) is 0. The fourth-order valence-corrected chi connectivity index (χ4v) is 8.44. The highest BCUT2D eigenvalue weighted by atomic mass is 35.5. The zero-order valence-electron chi connectivity index (χ0n) is 29.1. The van der Waals surface area contributed by atoms with Gasteiger partial charge in [0.2, 0.25) is 5.91 Å². The minimum Gasteiger partial charge on any atom is -0.461 e. The minimum atomic E-state index is -0.918. The third kappa shape index (κ3) is 6.43. The number of fused-ring (bicyclic) bond motifs is 3. The van der Waals surface area contributed by atoms with E-state index in [1.807, 2.05) is 36.2 Å². The summed E-state index contributed by atoms with van der Waals surface area (Å²) < 4.78 is 37.8. The van der Waals surface area contributed by atoms with E-state index in [4.69, 9.17) is 21.3 Å². The normalized spacial score (nSPS) is 22.1. The number of carbonyl (C=O) groups excluding carboxylic acids is 1. The molecule has 10 nitrogen and oxygen atoms in total. The SMILES string of the molecule is Cc1nccc(/C=C/C(=O)N2CCC[C@H](N(C)c3nc(OCC45CCCN4C[C@H](F)C5)nc4c(F)c(-c5cccc6cccc(Cl)c56)ncc34)C2)n1. The molecule has 3 fully saturated rings. The van der Waals surface area contributed by atoms with E-state index in [1.54, 1.807) is 48.5 Å². The van der Waals surface area contributed by atoms with Gasteiger partial charge in [0.15, 0.2) is 5.82 Å². The Balaban J connectivity index is 1.15. The summed E-state index contributed by atoms with van der Waals surface area (Å²) in [4.78, 5) is 41.8. The molecule has 6 heterocycles. The van der Waals surface area contributed by atoms with Gasteiger partial charge in [-0.15, -0.1) is 0 Å². The van der Waals surface area contributed by atoms with Crippen LogP contribution in [0.2, 0.25) is 5.02 Å². The Morgan fingerprint density at radius 3 is 2.79 bits per heavy atom. The van der Waals surface area contributed by atoms with E-state index < -0.39 is 17.5 Å². The summed E-state index contributed by atoms with van der Waals surface area (Å²) in [5.41, 5.74) is 0.939. The minimum absolute atomic E-state index is 0.0108. The number of likely N-dealkylation sites (N-methyl/N-ethyl adjacent to an activating group) is 1. The monoisotopic (exact) mass is 724 g/mol. The fourth-order valence-electron chi connectivity index (χ4n) is 8.16. The molecular formula is C39H39ClF2N8O2. The molecule has 5 aromatic rings. The molecule has 0 saturated carbocycles. The van der Waals surface area contributed by atoms with Gasteiger partial charge in [-0.05, 0) is 62.7 Å². The van der Waals surface area contributed by atoms with Crippen molar-refractivity contribution in [1.29, 1.82) is 0 Å². The second-order valence-corrected chi connectivity index (χ2v) is 14.5. The average molecular weight is 725 g/mol. The van der Waals surface area contributed by atoms with Crippen LogP contribution in [-0.4, -0.2) is 98.2 Å². The molecule has 3 aliphatic heterocycles. The van der Waals surface area contributed by atoms with Crippen LogP contribution in [0.15, 0.2) is 60.9 Å². The van der Waals surface area contributed by atoms with Crippen molar-refractivity contribution in [2.75, 3.05) is 44.7 Å². The molecular weight excluding hydrogens is 686 g/mol. The molecule has 268 valence electrons. The first-order valence-electron chi connectivity index (χ1n) is 17.7. The van der Waals surface area contributed by atoms with E-state index in [0.29, 0.717) is 64.7 Å². The number of halogens is 3. The number of anilines is 1. The van der Waals surface area contributed by atoms with Gasteiger partial charge in [-0.3, -0.25) is 14.7 Å². The van der Waals surface area contributed by atoms with Crippen LogP contribution in [0.3, 0.4) is 0 Å². The number of piperidine rings is 1. The zero-order chi connectivity index (χ0) is 36.0. The number of alkyl halides is 1. The van der Waals surface area contributed by atoms with Crippen LogP contribution in [0, 0.1) is 12.7 Å². The Labute approximate surface area is 305 Å². The lowest BCUT2D eigenvalue weighted by atomic mass is 9.95. The van der Waals surface area contributed by atoms with Crippen LogP contribution in [-0.2, 0) is 4.79 Å². The predicted octanol–water partition coefficient (Wildman–Crippen LogP) is 6.83. The first-order valence-corrected chi connectivity index (χ1v) is 18.1. The van der Waals surface area contributed by atoms with E-state index in [1.165, 1.54) is 6.08 Å². The van der Waals surface area contributed by atoms with Gasteiger partial charge in [-0.1, -0.05) is 41.9 Å². The topological polar surface area (TPSA) is 100 Å². The molecule has 0 spiro atoms. The maximum atomic E-state index is 16.9. The molecule has 3 saturated heterocycles. The van der Waals surface area contributed by atoms with Gasteiger partial charge in [-0.25, -0.2) is 18.7 Å². The molecule has 0 aliphatic carbocycles. The van der Waals surface area contributed by atoms with E-state index in [0.717, 1.165) is 37.6 Å². The van der Waals surface area contributed by atoms with Gasteiger partial charge >= 0.3 is 6.01 Å². The third-order valence-electron chi connectivity index (χ3n) is 10.8. The second kappa shape index (κ2) is 14.0. The van der Waals surface area contributed by atoms with Crippen molar-refractivity contribution in [1.82, 2.24) is 34.7 Å². The van der Waals surface area contributed by atoms with Crippen molar-refractivity contribution in [3.05, 3.63) is 83.3 Å². The van der Waals surface area contributed by atoms with Crippen molar-refractivity contribution < 1.29 is 18.3 Å². The van der Waals surface area contributed by atoms with Gasteiger partial charge in [0.25, 0.3) is 0 Å². The molecule has 3 aliphatic rings. The van der Waals surface area contributed by atoms with Crippen LogP contribution in [0.25, 0.3) is 39.0 Å². The summed E-state index contributed by atoms with van der Waals surface area (Å²) in [5.74, 6) is 0.322. The first-order chi connectivity index (χ1) is 25.2. The second-order valence-electron chi connectivity index (χ2n) is 14.1. The Morgan fingerprint density at radius 2 is 1.94 bits per heavy atom. The number of ether oxygens (including phenoxy) is 1. The number of aryl methyl sites for hydroxylation is 1. The molecule has 0 radical (unpaired) electrons. The molecule has 13 heteroatoms. The number of nitrogens with zero attached hydrogens (tertiary/aromatic N) is 8. The van der Waals surface area contributed by atoms with Crippen LogP contribution in [0.5, 0.6) is 6.01 Å². The molecule has 2 aromatic carbocycles. The number of pyridine rings is 1. The lowest BCUT2D eigenvalue weighted by Crippen LogP contribution is -2.48. The molecule has 52 heavy (non-hydrogen) atoms. The highest BCUT2D eigenvalue weighted by molar-refractivity contribution is 6.36. The quantitative estimate of drug-likeness (QED) is 0.160. The van der Waals surface area contributed by atoms with Crippen molar-refractivity contribution >= 4 is 51.1 Å². The number of carbonyl (C=O) groups is 1. The van der Waals surface area contributed by atoms with Crippen molar-refractivity contribution in [3.63, 3.8) is 0 Å². The summed E-state index contributed by atoms with van der Waals surface area (Å²) in [6.07, 6.45) is 9.29. The molecule has 0 bridgehead atoms. The van der Waals surface area contributed by atoms with Crippen molar-refractivity contribution in [2.45, 2.75) is 56.8 Å². The van der Waals surface area contributed by atoms with Gasteiger partial charge in [0, 0.05) is 73.6 Å². The van der Waals surface area contributed by atoms with E-state index in [-0.39, 0.29) is 35.8 Å². The van der Waals surface area contributed by atoms with E-state index in [9.17, 15) is 9.18 Å². The number of benzene rings is 2. The fraction of sp³-hybridized carbons (Fsp3) is 0.385. The van der Waals surface area contributed by atoms with Gasteiger partial charge in [0.1, 0.15) is 35.6 Å². The summed E-state index contributed by atoms with van der Waals surface area (Å²) in [6.45, 7) is 4.25. The largest absolute Gasteiger partial charge is 0.461 e. The Kier molecular flexibility index (Phi) is 9.21. The number of hydrogen-bond acceptors (Lipinski definition) is 9. The number of rotatable bonds is 8. The van der Waals surface area contributed by atoms with Crippen molar-refractivity contribution in [3.8, 4) is 17.3 Å². The van der Waals surface area contributed by atoms with E-state index >= 15 is 4.39 Å². The van der Waals surface area contributed by atoms with Crippen LogP contribution >= 0.6 is 11.6 Å². The highest BCUT2D eigenvalue weighted by Gasteiger charge is 2.49. The molecule has 0 N–H and O–H groups in total. The molecule has 3 aromatic heterocycles. The first kappa shape index (κ1) is 34.3. The van der Waals surface area contributed by atoms with Gasteiger partial charge in [0.05, 0.1) is 16.6 Å². The lowest BCUT2D eigenvalue weighted by Gasteiger charge is -2.38. The Bertz CT molecular complexity index is 2200. The maximum absolute atomic E-state index is 16.9. The smallest absolute Gasteiger partial charge is 0.319 e. The zero-order valence-corrected chi connectivity index (χ0v) is 29.9. The highest BCUT2D eigenvalue weighted by Crippen LogP contribution is 2.41. The van der Waals surface area contributed by atoms with Crippen LogP contribution in [0.1, 0.15) is 43.6 Å². The number of amides is 1. The van der Waals surface area contributed by atoms with Crippen molar-refractivity contribution in [2.24, 2.45) is 0 Å². The van der Waals surface area contributed by atoms with Crippen LogP contribution < -0.4 is 9.64 Å². The maximum Gasteiger partial charge on any atom is 0.319 e. The molecule has 1 amide bonds. The Hall–Kier alpha value is -4.81. The molecule has 1 unspecified atom stereocenters. The standard InChI is InChI=1S/C39H39ClF2N8O2/c1-24-43-16-14-27(45-24)12-13-32(51)49-17-5-9-28(22-49)48(2)37-30-20-44-35(29-10-3-7-25-8-4-11-31(40)33(25)29)34(42)36(30)46-38(47-37)52-23-39-15-6-18-50(39)21-26(41)19-39/h3-4,7-8,10-14,16,20,26,28H,5-6,9,15,17-19,21-23H2,1-2H3/b13-12+/t26-,28+,39?/m1/s1. The average Bonchev–Trinajstić information content (AvgIpc) is 3.68. The summed E-state index contributed by atoms with van der Waals surface area (Å²) in [7, 11) is 1.89. The Morgan fingerprint density at radius 1 is 1.10 bits per heavy atom. The van der Waals surface area contributed by atoms with Crippen LogP contribution in [0.4, 0.5) is 14.6 Å². The van der Waals surface area contributed by atoms with Gasteiger partial charge in [-0.2, -0.15) is 9.97 Å². The molecule has 8 rings (SSSR count). The van der Waals surface area contributed by atoms with E-state index in [2.05, 4.69) is 24.8 Å². The summed E-state index contributed by atoms with van der Waals surface area (Å²) in [6, 6.07) is 12.7.